The molecule has 0 aliphatic heterocycles. The van der Waals surface area contributed by atoms with Crippen LogP contribution in [0.5, 0.6) is 11.5 Å². The van der Waals surface area contributed by atoms with Gasteiger partial charge in [0.15, 0.2) is 6.10 Å². The van der Waals surface area contributed by atoms with Crippen LogP contribution >= 0.6 is 0 Å². The van der Waals surface area contributed by atoms with Gasteiger partial charge in [-0.2, -0.15) is 0 Å². The average molecular weight is 313 g/mol. The van der Waals surface area contributed by atoms with Gasteiger partial charge in [0.1, 0.15) is 11.5 Å². The van der Waals surface area contributed by atoms with Crippen molar-refractivity contribution in [3.8, 4) is 11.5 Å². The maximum atomic E-state index is 12.4. The van der Waals surface area contributed by atoms with Gasteiger partial charge in [-0.1, -0.05) is 19.1 Å². The Balaban J connectivity index is 1.99. The first-order valence-corrected chi connectivity index (χ1v) is 7.89. The molecule has 0 saturated carbocycles. The number of carbonyl (C=O) groups is 1. The third-order valence-corrected chi connectivity index (χ3v) is 3.36. The van der Waals surface area contributed by atoms with Gasteiger partial charge in [0.2, 0.25) is 0 Å². The van der Waals surface area contributed by atoms with E-state index in [0.717, 1.165) is 17.0 Å². The lowest BCUT2D eigenvalue weighted by Crippen LogP contribution is -2.32. The minimum Gasteiger partial charge on any atom is -0.494 e. The molecule has 2 rings (SSSR count). The van der Waals surface area contributed by atoms with E-state index in [1.54, 1.807) is 0 Å². The molecule has 1 unspecified atom stereocenters. The van der Waals surface area contributed by atoms with Crippen molar-refractivity contribution in [3.05, 3.63) is 54.1 Å². The SMILES string of the molecule is CCOc1ccc(NC(=O)C(CC)Oc2cccc(C)c2)cc1. The number of anilines is 1. The maximum absolute atomic E-state index is 12.4. The van der Waals surface area contributed by atoms with Crippen LogP contribution in [0.25, 0.3) is 0 Å². The van der Waals surface area contributed by atoms with Crippen LogP contribution < -0.4 is 14.8 Å². The Morgan fingerprint density at radius 1 is 1.09 bits per heavy atom. The Morgan fingerprint density at radius 2 is 1.83 bits per heavy atom. The minimum absolute atomic E-state index is 0.154. The second kappa shape index (κ2) is 8.22. The number of hydrogen-bond donors (Lipinski definition) is 1. The lowest BCUT2D eigenvalue weighted by Gasteiger charge is -2.17. The molecule has 1 N–H and O–H groups in total. The summed E-state index contributed by atoms with van der Waals surface area (Å²) < 4.78 is 11.2. The third kappa shape index (κ3) is 5.02. The maximum Gasteiger partial charge on any atom is 0.265 e. The summed E-state index contributed by atoms with van der Waals surface area (Å²) in [6, 6.07) is 15.0. The Labute approximate surface area is 137 Å². The molecular weight excluding hydrogens is 290 g/mol. The second-order valence-electron chi connectivity index (χ2n) is 5.28. The number of hydrogen-bond acceptors (Lipinski definition) is 3. The van der Waals surface area contributed by atoms with Crippen molar-refractivity contribution in [1.82, 2.24) is 0 Å². The predicted molar refractivity (Wildman–Crippen MR) is 92.1 cm³/mol. The van der Waals surface area contributed by atoms with Crippen molar-refractivity contribution in [2.45, 2.75) is 33.3 Å². The number of ether oxygens (including phenoxy) is 2. The molecule has 0 heterocycles. The third-order valence-electron chi connectivity index (χ3n) is 3.36. The van der Waals surface area contributed by atoms with Gasteiger partial charge in [-0.3, -0.25) is 4.79 Å². The summed E-state index contributed by atoms with van der Waals surface area (Å²) in [6.45, 7) is 6.48. The quantitative estimate of drug-likeness (QED) is 0.833. The Hall–Kier alpha value is -2.49. The lowest BCUT2D eigenvalue weighted by atomic mass is 10.2. The summed E-state index contributed by atoms with van der Waals surface area (Å²) >= 11 is 0. The van der Waals surface area contributed by atoms with Crippen LogP contribution in [0.15, 0.2) is 48.5 Å². The molecule has 0 fully saturated rings. The van der Waals surface area contributed by atoms with Crippen molar-refractivity contribution >= 4 is 11.6 Å². The fourth-order valence-electron chi connectivity index (χ4n) is 2.20. The zero-order valence-corrected chi connectivity index (χ0v) is 13.8. The van der Waals surface area contributed by atoms with E-state index < -0.39 is 6.10 Å². The van der Waals surface area contributed by atoms with E-state index in [1.165, 1.54) is 0 Å². The number of aryl methyl sites for hydroxylation is 1. The molecule has 122 valence electrons. The molecule has 0 bridgehead atoms. The van der Waals surface area contributed by atoms with Crippen LogP contribution in [0.4, 0.5) is 5.69 Å². The first-order chi connectivity index (χ1) is 11.1. The molecule has 1 atom stereocenters. The smallest absolute Gasteiger partial charge is 0.265 e. The summed E-state index contributed by atoms with van der Waals surface area (Å²) in [4.78, 5) is 12.4. The highest BCUT2D eigenvalue weighted by Gasteiger charge is 2.18. The zero-order valence-electron chi connectivity index (χ0n) is 13.8. The lowest BCUT2D eigenvalue weighted by molar-refractivity contribution is -0.122. The number of nitrogens with one attached hydrogen (secondary N) is 1. The summed E-state index contributed by atoms with van der Waals surface area (Å²) in [5.74, 6) is 1.34. The molecule has 4 nitrogen and oxygen atoms in total. The topological polar surface area (TPSA) is 47.6 Å². The fourth-order valence-corrected chi connectivity index (χ4v) is 2.20. The van der Waals surface area contributed by atoms with Gasteiger partial charge >= 0.3 is 0 Å². The summed E-state index contributed by atoms with van der Waals surface area (Å²) in [6.07, 6.45) is 0.0694. The molecular formula is C19H23NO3. The van der Waals surface area contributed by atoms with E-state index in [2.05, 4.69) is 5.32 Å². The Kier molecular flexibility index (Phi) is 6.03. The largest absolute Gasteiger partial charge is 0.494 e. The van der Waals surface area contributed by atoms with Crippen LogP contribution in [0.3, 0.4) is 0 Å². The first kappa shape index (κ1) is 16.9. The van der Waals surface area contributed by atoms with Crippen molar-refractivity contribution < 1.29 is 14.3 Å². The summed E-state index contributed by atoms with van der Waals surface area (Å²) in [5.41, 5.74) is 1.83. The van der Waals surface area contributed by atoms with Gasteiger partial charge in [-0.05, 0) is 62.2 Å². The van der Waals surface area contributed by atoms with Crippen molar-refractivity contribution in [3.63, 3.8) is 0 Å². The molecule has 0 radical (unpaired) electrons. The van der Waals surface area contributed by atoms with Crippen molar-refractivity contribution in [2.75, 3.05) is 11.9 Å². The van der Waals surface area contributed by atoms with Crippen LogP contribution in [0, 0.1) is 6.92 Å². The predicted octanol–water partition coefficient (Wildman–Crippen LogP) is 4.19. The van der Waals surface area contributed by atoms with E-state index in [1.807, 2.05) is 69.3 Å². The molecule has 0 spiro atoms. The Bertz CT molecular complexity index is 637. The highest BCUT2D eigenvalue weighted by molar-refractivity contribution is 5.94. The summed E-state index contributed by atoms with van der Waals surface area (Å²) in [7, 11) is 0. The van der Waals surface area contributed by atoms with Gasteiger partial charge < -0.3 is 14.8 Å². The van der Waals surface area contributed by atoms with Gasteiger partial charge in [0, 0.05) is 5.69 Å². The average Bonchev–Trinajstić information content (AvgIpc) is 2.54. The Morgan fingerprint density at radius 3 is 2.43 bits per heavy atom. The first-order valence-electron chi connectivity index (χ1n) is 7.89. The van der Waals surface area contributed by atoms with E-state index in [-0.39, 0.29) is 5.91 Å². The van der Waals surface area contributed by atoms with E-state index in [0.29, 0.717) is 18.8 Å². The molecule has 0 saturated heterocycles. The number of carbonyl (C=O) groups excluding carboxylic acids is 1. The normalized spacial score (nSPS) is 11.6. The van der Waals surface area contributed by atoms with E-state index in [9.17, 15) is 4.79 Å². The van der Waals surface area contributed by atoms with Crippen LogP contribution in [-0.4, -0.2) is 18.6 Å². The van der Waals surface area contributed by atoms with E-state index in [4.69, 9.17) is 9.47 Å². The van der Waals surface area contributed by atoms with Gasteiger partial charge in [-0.15, -0.1) is 0 Å². The number of amides is 1. The molecule has 0 aliphatic carbocycles. The minimum atomic E-state index is -0.525. The van der Waals surface area contributed by atoms with Gasteiger partial charge in [0.05, 0.1) is 6.61 Å². The van der Waals surface area contributed by atoms with Crippen molar-refractivity contribution in [1.29, 1.82) is 0 Å². The fraction of sp³-hybridized carbons (Fsp3) is 0.316. The molecule has 23 heavy (non-hydrogen) atoms. The highest BCUT2D eigenvalue weighted by Crippen LogP contribution is 2.18. The summed E-state index contributed by atoms with van der Waals surface area (Å²) in [5, 5.41) is 2.88. The molecule has 4 heteroatoms. The van der Waals surface area contributed by atoms with Gasteiger partial charge in [0.25, 0.3) is 5.91 Å². The van der Waals surface area contributed by atoms with Crippen LogP contribution in [0.1, 0.15) is 25.8 Å². The second-order valence-corrected chi connectivity index (χ2v) is 5.28. The number of rotatable bonds is 7. The zero-order chi connectivity index (χ0) is 16.7. The molecule has 0 aliphatic rings. The van der Waals surface area contributed by atoms with Crippen LogP contribution in [0.2, 0.25) is 0 Å². The van der Waals surface area contributed by atoms with Crippen molar-refractivity contribution in [2.24, 2.45) is 0 Å². The van der Waals surface area contributed by atoms with Gasteiger partial charge in [-0.25, -0.2) is 0 Å². The monoisotopic (exact) mass is 313 g/mol. The number of benzene rings is 2. The molecule has 0 aromatic heterocycles. The molecule has 2 aromatic rings. The molecule has 2 aromatic carbocycles. The standard InChI is InChI=1S/C19H23NO3/c1-4-18(23-17-8-6-7-14(3)13-17)19(21)20-15-9-11-16(12-10-15)22-5-2/h6-13,18H,4-5H2,1-3H3,(H,20,21). The van der Waals surface area contributed by atoms with Crippen LogP contribution in [-0.2, 0) is 4.79 Å². The molecule has 1 amide bonds. The van der Waals surface area contributed by atoms with E-state index >= 15 is 0 Å². The highest BCUT2D eigenvalue weighted by atomic mass is 16.5.